The largest absolute Gasteiger partial charge is 0.384 e. The first-order valence-electron chi connectivity index (χ1n) is 4.53. The number of ketones is 1. The number of alkyl halides is 11. The first kappa shape index (κ1) is 17.0. The lowest BCUT2D eigenvalue weighted by atomic mass is 9.70. The quantitative estimate of drug-likeness (QED) is 0.675. The monoisotopic (exact) mass is 324 g/mol. The third-order valence-electron chi connectivity index (χ3n) is 2.93. The minimum Gasteiger partial charge on any atom is -0.296 e. The van der Waals surface area contributed by atoms with E-state index in [-0.39, 0.29) is 0 Å². The Labute approximate surface area is 102 Å². The van der Waals surface area contributed by atoms with Crippen LogP contribution in [-0.2, 0) is 4.79 Å². The number of rotatable bonds is 1. The van der Waals surface area contributed by atoms with Gasteiger partial charge in [0.2, 0.25) is 0 Å². The zero-order valence-electron chi connectivity index (χ0n) is 9.07. The molecule has 0 atom stereocenters. The smallest absolute Gasteiger partial charge is 0.296 e. The van der Waals surface area contributed by atoms with Crippen molar-refractivity contribution in [2.24, 2.45) is 0 Å². The standard InChI is InChI=1S/C8H3F11O/c1-2(20)3(9)4(10,11)6(14,15)8(18,19)7(16,17)5(3,12)13/h1H3. The van der Waals surface area contributed by atoms with Gasteiger partial charge in [0, 0.05) is 0 Å². The Morgan fingerprint density at radius 1 is 0.550 bits per heavy atom. The zero-order chi connectivity index (χ0) is 16.6. The first-order chi connectivity index (χ1) is 8.44. The average Bonchev–Trinajstić information content (AvgIpc) is 2.24. The minimum atomic E-state index is -7.28. The average molecular weight is 324 g/mol. The zero-order valence-corrected chi connectivity index (χ0v) is 9.07. The summed E-state index contributed by atoms with van der Waals surface area (Å²) in [5.74, 6) is -39.0. The summed E-state index contributed by atoms with van der Waals surface area (Å²) in [6.45, 7) is -0.461. The van der Waals surface area contributed by atoms with Crippen LogP contribution in [0.5, 0.6) is 0 Å². The van der Waals surface area contributed by atoms with Crippen LogP contribution in [0.2, 0.25) is 0 Å². The van der Waals surface area contributed by atoms with Crippen molar-refractivity contribution in [1.29, 1.82) is 0 Å². The van der Waals surface area contributed by atoms with E-state index < -0.39 is 48.0 Å². The van der Waals surface area contributed by atoms with Crippen LogP contribution in [0, 0.1) is 0 Å². The van der Waals surface area contributed by atoms with Crippen LogP contribution in [0.3, 0.4) is 0 Å². The van der Waals surface area contributed by atoms with E-state index in [9.17, 15) is 53.1 Å². The van der Waals surface area contributed by atoms with Gasteiger partial charge in [-0.3, -0.25) is 4.79 Å². The van der Waals surface area contributed by atoms with Gasteiger partial charge in [0.25, 0.3) is 0 Å². The van der Waals surface area contributed by atoms with Gasteiger partial charge in [-0.1, -0.05) is 0 Å². The van der Waals surface area contributed by atoms with Crippen LogP contribution >= 0.6 is 0 Å². The second-order valence-corrected chi connectivity index (χ2v) is 4.09. The molecule has 1 aliphatic rings. The van der Waals surface area contributed by atoms with Crippen molar-refractivity contribution in [3.8, 4) is 0 Å². The number of halogens is 11. The highest BCUT2D eigenvalue weighted by Crippen LogP contribution is 2.69. The van der Waals surface area contributed by atoms with Crippen LogP contribution in [0.15, 0.2) is 0 Å². The van der Waals surface area contributed by atoms with Crippen LogP contribution in [0.1, 0.15) is 6.92 Å². The number of carbonyl (C=O) groups excluding carboxylic acids is 1. The first-order valence-corrected chi connectivity index (χ1v) is 4.53. The molecule has 0 N–H and O–H groups in total. The maximum Gasteiger partial charge on any atom is 0.384 e. The maximum atomic E-state index is 13.4. The fraction of sp³-hybridized carbons (Fsp3) is 0.875. The van der Waals surface area contributed by atoms with Crippen molar-refractivity contribution < 1.29 is 53.1 Å². The van der Waals surface area contributed by atoms with E-state index in [1.54, 1.807) is 0 Å². The second kappa shape index (κ2) is 3.56. The lowest BCUT2D eigenvalue weighted by molar-refractivity contribution is -0.475. The molecule has 0 aliphatic heterocycles. The van der Waals surface area contributed by atoms with Crippen LogP contribution in [0.4, 0.5) is 48.3 Å². The van der Waals surface area contributed by atoms with Crippen LogP contribution < -0.4 is 0 Å². The van der Waals surface area contributed by atoms with Crippen LogP contribution in [-0.4, -0.2) is 41.1 Å². The lowest BCUT2D eigenvalue weighted by Crippen LogP contribution is -2.85. The van der Waals surface area contributed by atoms with Gasteiger partial charge in [0.1, 0.15) is 0 Å². The molecule has 0 heterocycles. The lowest BCUT2D eigenvalue weighted by Gasteiger charge is -2.51. The van der Waals surface area contributed by atoms with Crippen molar-refractivity contribution in [2.45, 2.75) is 42.2 Å². The van der Waals surface area contributed by atoms with E-state index in [0.29, 0.717) is 0 Å². The SMILES string of the molecule is CC(=O)C1(F)C(F)(F)C(F)(F)C(F)(F)C(F)(F)C1(F)F. The van der Waals surface area contributed by atoms with Gasteiger partial charge in [-0.15, -0.1) is 0 Å². The summed E-state index contributed by atoms with van der Waals surface area (Å²) in [5.41, 5.74) is -6.49. The molecule has 12 heteroatoms. The summed E-state index contributed by atoms with van der Waals surface area (Å²) >= 11 is 0. The third-order valence-corrected chi connectivity index (χ3v) is 2.93. The molecule has 1 nitrogen and oxygen atoms in total. The van der Waals surface area contributed by atoms with Crippen molar-refractivity contribution in [3.05, 3.63) is 0 Å². The fourth-order valence-corrected chi connectivity index (χ4v) is 1.66. The minimum absolute atomic E-state index is 0.461. The molecule has 0 aromatic heterocycles. The summed E-state index contributed by atoms with van der Waals surface area (Å²) < 4.78 is 142. The number of Topliss-reactive ketones (excluding diaryl/α,β-unsaturated/α-hetero) is 1. The molecule has 1 aliphatic carbocycles. The van der Waals surface area contributed by atoms with E-state index in [2.05, 4.69) is 0 Å². The second-order valence-electron chi connectivity index (χ2n) is 4.09. The number of hydrogen-bond donors (Lipinski definition) is 0. The van der Waals surface area contributed by atoms with E-state index in [4.69, 9.17) is 0 Å². The summed E-state index contributed by atoms with van der Waals surface area (Å²) in [7, 11) is 0. The van der Waals surface area contributed by atoms with Gasteiger partial charge in [-0.05, 0) is 6.92 Å². The van der Waals surface area contributed by atoms with Crippen molar-refractivity contribution in [1.82, 2.24) is 0 Å². The highest BCUT2D eigenvalue weighted by molar-refractivity contribution is 5.88. The molecule has 0 unspecified atom stereocenters. The van der Waals surface area contributed by atoms with Gasteiger partial charge < -0.3 is 0 Å². The highest BCUT2D eigenvalue weighted by Gasteiger charge is 3.02. The van der Waals surface area contributed by atoms with E-state index >= 15 is 0 Å². The van der Waals surface area contributed by atoms with Gasteiger partial charge in [-0.25, -0.2) is 4.39 Å². The molecule has 0 aromatic carbocycles. The van der Waals surface area contributed by atoms with Gasteiger partial charge in [-0.2, -0.15) is 43.9 Å². The topological polar surface area (TPSA) is 17.1 Å². The van der Waals surface area contributed by atoms with Crippen molar-refractivity contribution in [3.63, 3.8) is 0 Å². The molecule has 1 fully saturated rings. The molecule has 1 saturated carbocycles. The van der Waals surface area contributed by atoms with Crippen LogP contribution in [0.25, 0.3) is 0 Å². The maximum absolute atomic E-state index is 13.4. The fourth-order valence-electron chi connectivity index (χ4n) is 1.66. The predicted molar refractivity (Wildman–Crippen MR) is 39.3 cm³/mol. The van der Waals surface area contributed by atoms with Gasteiger partial charge >= 0.3 is 35.3 Å². The summed E-state index contributed by atoms with van der Waals surface area (Å²) in [6, 6.07) is 0. The number of hydrogen-bond acceptors (Lipinski definition) is 1. The van der Waals surface area contributed by atoms with Crippen molar-refractivity contribution >= 4 is 5.78 Å². The Morgan fingerprint density at radius 2 is 0.750 bits per heavy atom. The molecule has 118 valence electrons. The van der Waals surface area contributed by atoms with Crippen molar-refractivity contribution in [2.75, 3.05) is 0 Å². The molecule has 0 bridgehead atoms. The molecular formula is C8H3F11O. The molecule has 0 aromatic rings. The summed E-state index contributed by atoms with van der Waals surface area (Å²) in [4.78, 5) is 10.5. The van der Waals surface area contributed by atoms with Gasteiger partial charge in [0.05, 0.1) is 0 Å². The molecule has 1 rings (SSSR count). The molecule has 20 heavy (non-hydrogen) atoms. The Balaban J connectivity index is 3.88. The van der Waals surface area contributed by atoms with Gasteiger partial charge in [0.15, 0.2) is 5.78 Å². The predicted octanol–water partition coefficient (Wildman–Crippen LogP) is 3.47. The Morgan fingerprint density at radius 3 is 0.950 bits per heavy atom. The Hall–Kier alpha value is -1.10. The molecule has 0 spiro atoms. The van der Waals surface area contributed by atoms with E-state index in [1.165, 1.54) is 0 Å². The number of carbonyl (C=O) groups is 1. The Kier molecular flexibility index (Phi) is 3.02. The molecule has 0 saturated heterocycles. The summed E-state index contributed by atoms with van der Waals surface area (Å²) in [6.07, 6.45) is 0. The van der Waals surface area contributed by atoms with E-state index in [1.807, 2.05) is 0 Å². The Bertz CT molecular complexity index is 421. The highest BCUT2D eigenvalue weighted by atomic mass is 19.4. The molecule has 0 radical (unpaired) electrons. The summed E-state index contributed by atoms with van der Waals surface area (Å²) in [5, 5.41) is 0. The molecule has 0 amide bonds. The normalized spacial score (nSPS) is 31.6. The molecular weight excluding hydrogens is 321 g/mol. The van der Waals surface area contributed by atoms with E-state index in [0.717, 1.165) is 0 Å². The third kappa shape index (κ3) is 1.23.